The van der Waals surface area contributed by atoms with Gasteiger partial charge in [-0.2, -0.15) is 5.10 Å². The van der Waals surface area contributed by atoms with Crippen molar-refractivity contribution in [2.45, 2.75) is 45.6 Å². The molecule has 0 saturated heterocycles. The third kappa shape index (κ3) is 2.72. The topological polar surface area (TPSA) is 55.6 Å². The smallest absolute Gasteiger partial charge is 0.160 e. The summed E-state index contributed by atoms with van der Waals surface area (Å²) in [6.45, 7) is 3.95. The van der Waals surface area contributed by atoms with Gasteiger partial charge in [-0.15, -0.1) is 5.10 Å². The molecule has 20 heavy (non-hydrogen) atoms. The fraction of sp³-hybridized carbons (Fsp3) is 0.533. The van der Waals surface area contributed by atoms with Crippen LogP contribution in [0.2, 0.25) is 0 Å². The van der Waals surface area contributed by atoms with Crippen molar-refractivity contribution in [3.8, 4) is 5.82 Å². The van der Waals surface area contributed by atoms with Crippen LogP contribution >= 0.6 is 0 Å². The van der Waals surface area contributed by atoms with Crippen molar-refractivity contribution >= 4 is 0 Å². The van der Waals surface area contributed by atoms with E-state index in [4.69, 9.17) is 0 Å². The second-order valence-electron chi connectivity index (χ2n) is 5.27. The van der Waals surface area contributed by atoms with Gasteiger partial charge in [0.25, 0.3) is 0 Å². The predicted molar refractivity (Wildman–Crippen MR) is 77.8 cm³/mol. The minimum absolute atomic E-state index is 0.781. The maximum atomic E-state index is 4.50. The summed E-state index contributed by atoms with van der Waals surface area (Å²) in [4.78, 5) is 4.50. The number of nitrogens with one attached hydrogen (secondary N) is 1. The molecule has 0 bridgehead atoms. The maximum absolute atomic E-state index is 4.50. The molecule has 0 aromatic carbocycles. The molecule has 0 saturated carbocycles. The second-order valence-corrected chi connectivity index (χ2v) is 5.27. The van der Waals surface area contributed by atoms with E-state index in [2.05, 4.69) is 32.0 Å². The van der Waals surface area contributed by atoms with Crippen LogP contribution in [0.5, 0.6) is 0 Å². The summed E-state index contributed by atoms with van der Waals surface area (Å²) in [6.07, 6.45) is 7.69. The zero-order valence-electron chi connectivity index (χ0n) is 12.0. The van der Waals surface area contributed by atoms with Gasteiger partial charge in [-0.25, -0.2) is 4.98 Å². The largest absolute Gasteiger partial charge is 0.311 e. The molecule has 0 aliphatic heterocycles. The van der Waals surface area contributed by atoms with Crippen LogP contribution in [0.15, 0.2) is 18.5 Å². The Labute approximate surface area is 119 Å². The summed E-state index contributed by atoms with van der Waals surface area (Å²) < 4.78 is 2.09. The van der Waals surface area contributed by atoms with E-state index in [1.807, 2.05) is 18.5 Å². The van der Waals surface area contributed by atoms with Gasteiger partial charge in [0.2, 0.25) is 0 Å². The number of hydrogen-bond donors (Lipinski definition) is 1. The fourth-order valence-corrected chi connectivity index (χ4v) is 2.64. The highest BCUT2D eigenvalue weighted by Gasteiger charge is 2.16. The Hall–Kier alpha value is -1.75. The van der Waals surface area contributed by atoms with Crippen LogP contribution in [0.1, 0.15) is 43.3 Å². The quantitative estimate of drug-likeness (QED) is 0.846. The second kappa shape index (κ2) is 6.13. The number of hydrogen-bond acceptors (Lipinski definition) is 4. The van der Waals surface area contributed by atoms with E-state index in [1.54, 1.807) is 0 Å². The van der Waals surface area contributed by atoms with Gasteiger partial charge in [-0.05, 0) is 50.8 Å². The summed E-state index contributed by atoms with van der Waals surface area (Å²) in [5, 5.41) is 12.0. The molecule has 1 aliphatic carbocycles. The lowest BCUT2D eigenvalue weighted by Crippen LogP contribution is -2.15. The summed E-state index contributed by atoms with van der Waals surface area (Å²) in [5.41, 5.74) is 3.52. The van der Waals surface area contributed by atoms with Crippen LogP contribution in [-0.2, 0) is 19.4 Å². The first-order valence-electron chi connectivity index (χ1n) is 7.47. The first-order chi connectivity index (χ1) is 9.88. The van der Waals surface area contributed by atoms with Crippen LogP contribution in [-0.4, -0.2) is 26.3 Å². The zero-order valence-corrected chi connectivity index (χ0v) is 12.0. The number of rotatable bonds is 5. The van der Waals surface area contributed by atoms with Gasteiger partial charge < -0.3 is 5.32 Å². The van der Waals surface area contributed by atoms with E-state index >= 15 is 0 Å². The highest BCUT2D eigenvalue weighted by Crippen LogP contribution is 2.21. The zero-order chi connectivity index (χ0) is 13.8. The van der Waals surface area contributed by atoms with E-state index in [0.717, 1.165) is 43.9 Å². The van der Waals surface area contributed by atoms with Crippen molar-refractivity contribution in [1.82, 2.24) is 25.1 Å². The third-order valence-electron chi connectivity index (χ3n) is 3.72. The van der Waals surface area contributed by atoms with Crippen molar-refractivity contribution < 1.29 is 0 Å². The van der Waals surface area contributed by atoms with Crippen molar-refractivity contribution in [2.24, 2.45) is 0 Å². The maximum Gasteiger partial charge on any atom is 0.160 e. The van der Waals surface area contributed by atoms with Crippen molar-refractivity contribution in [2.75, 3.05) is 6.54 Å². The van der Waals surface area contributed by atoms with Gasteiger partial charge >= 0.3 is 0 Å². The number of nitrogens with zero attached hydrogens (tertiary/aromatic N) is 4. The molecule has 2 heterocycles. The van der Waals surface area contributed by atoms with Gasteiger partial charge in [0, 0.05) is 12.2 Å². The molecule has 0 amide bonds. The Morgan fingerprint density at radius 2 is 2.10 bits per heavy atom. The molecule has 0 spiro atoms. The number of aryl methyl sites for hydroxylation is 1. The molecule has 106 valence electrons. The van der Waals surface area contributed by atoms with E-state index < -0.39 is 0 Å². The molecule has 1 N–H and O–H groups in total. The normalized spacial score (nSPS) is 14.2. The number of imidazole rings is 1. The fourth-order valence-electron chi connectivity index (χ4n) is 2.64. The Balaban J connectivity index is 1.76. The molecule has 2 aromatic rings. The van der Waals surface area contributed by atoms with E-state index in [0.29, 0.717) is 0 Å². The average molecular weight is 271 g/mol. The average Bonchev–Trinajstić information content (AvgIpc) is 2.92. The van der Waals surface area contributed by atoms with Crippen LogP contribution in [0.4, 0.5) is 0 Å². The van der Waals surface area contributed by atoms with Gasteiger partial charge in [-0.1, -0.05) is 6.92 Å². The molecule has 3 rings (SSSR count). The van der Waals surface area contributed by atoms with Crippen LogP contribution < -0.4 is 5.32 Å². The molecule has 5 nitrogen and oxygen atoms in total. The summed E-state index contributed by atoms with van der Waals surface area (Å²) in [5.74, 6) is 0.875. The minimum Gasteiger partial charge on any atom is -0.311 e. The number of aromatic nitrogens is 4. The molecule has 2 aromatic heterocycles. The van der Waals surface area contributed by atoms with Crippen molar-refractivity contribution in [3.63, 3.8) is 0 Å². The number of fused-ring (bicyclic) bond motifs is 1. The van der Waals surface area contributed by atoms with Gasteiger partial charge in [0.15, 0.2) is 5.82 Å². The van der Waals surface area contributed by atoms with E-state index in [9.17, 15) is 0 Å². The lowest BCUT2D eigenvalue weighted by atomic mass is 10.0. The Kier molecular flexibility index (Phi) is 4.06. The molecule has 5 heteroatoms. The first-order valence-corrected chi connectivity index (χ1v) is 7.47. The van der Waals surface area contributed by atoms with Gasteiger partial charge in [0.1, 0.15) is 6.33 Å². The SMILES string of the molecule is CCCNCc1ccc(-n2cnc3c2CCCC3)nn1. The van der Waals surface area contributed by atoms with Gasteiger partial charge in [0.05, 0.1) is 11.4 Å². The molecule has 0 unspecified atom stereocenters. The summed E-state index contributed by atoms with van der Waals surface area (Å²) >= 11 is 0. The standard InChI is InChI=1S/C15H21N5/c1-2-9-16-10-12-7-8-15(19-18-12)20-11-17-13-5-3-4-6-14(13)20/h7-8,11,16H,2-6,9-10H2,1H3. The monoisotopic (exact) mass is 271 g/mol. The molecular weight excluding hydrogens is 250 g/mol. The van der Waals surface area contributed by atoms with Gasteiger partial charge in [-0.3, -0.25) is 4.57 Å². The molecular formula is C15H21N5. The minimum atomic E-state index is 0.781. The molecule has 0 radical (unpaired) electrons. The van der Waals surface area contributed by atoms with Crippen molar-refractivity contribution in [3.05, 3.63) is 35.5 Å². The summed E-state index contributed by atoms with van der Waals surface area (Å²) in [6, 6.07) is 4.08. The highest BCUT2D eigenvalue weighted by molar-refractivity contribution is 5.29. The molecule has 1 aliphatic rings. The Morgan fingerprint density at radius 3 is 2.90 bits per heavy atom. The van der Waals surface area contributed by atoms with Crippen LogP contribution in [0.25, 0.3) is 5.82 Å². The van der Waals surface area contributed by atoms with Crippen molar-refractivity contribution in [1.29, 1.82) is 0 Å². The Bertz CT molecular complexity index is 558. The van der Waals surface area contributed by atoms with Crippen LogP contribution in [0, 0.1) is 0 Å². The lowest BCUT2D eigenvalue weighted by Gasteiger charge is -2.13. The Morgan fingerprint density at radius 1 is 1.20 bits per heavy atom. The predicted octanol–water partition coefficient (Wildman–Crippen LogP) is 2.04. The van der Waals surface area contributed by atoms with Crippen LogP contribution in [0.3, 0.4) is 0 Å². The first kappa shape index (κ1) is 13.2. The lowest BCUT2D eigenvalue weighted by molar-refractivity contribution is 0.645. The summed E-state index contributed by atoms with van der Waals surface area (Å²) in [7, 11) is 0. The van der Waals surface area contributed by atoms with E-state index in [-0.39, 0.29) is 0 Å². The molecule has 0 fully saturated rings. The molecule has 0 atom stereocenters. The highest BCUT2D eigenvalue weighted by atomic mass is 15.2. The third-order valence-corrected chi connectivity index (χ3v) is 3.72. The van der Waals surface area contributed by atoms with E-state index in [1.165, 1.54) is 24.2 Å².